The first-order chi connectivity index (χ1) is 14.7. The fourth-order valence-corrected chi connectivity index (χ4v) is 4.16. The number of rotatable bonds is 4. The maximum absolute atomic E-state index is 6.53. The van der Waals surface area contributed by atoms with E-state index in [1.54, 1.807) is 0 Å². The van der Waals surface area contributed by atoms with Gasteiger partial charge in [0, 0.05) is 23.0 Å². The van der Waals surface area contributed by atoms with E-state index in [1.807, 2.05) is 30.3 Å². The van der Waals surface area contributed by atoms with E-state index < -0.39 is 0 Å². The van der Waals surface area contributed by atoms with Gasteiger partial charge in [-0.05, 0) is 42.2 Å². The van der Waals surface area contributed by atoms with Gasteiger partial charge in [0.15, 0.2) is 0 Å². The van der Waals surface area contributed by atoms with E-state index in [1.165, 1.54) is 5.56 Å². The molecular weight excluding hydrogens is 370 g/mol. The summed E-state index contributed by atoms with van der Waals surface area (Å²) in [6.07, 6.45) is 0.764. The SMILES string of the molecule is Cc1cc2ccccc2n1-c1nc(N)c2c(Cc3ccccc3)ccc(CN)c2n1. The Kier molecular flexibility index (Phi) is 4.45. The molecule has 0 bridgehead atoms. The molecule has 0 aliphatic carbocycles. The molecular formula is C25H23N5. The van der Waals surface area contributed by atoms with Crippen molar-refractivity contribution in [3.63, 3.8) is 0 Å². The van der Waals surface area contributed by atoms with Crippen LogP contribution in [0.25, 0.3) is 27.8 Å². The number of nitrogen functional groups attached to an aromatic ring is 1. The van der Waals surface area contributed by atoms with Gasteiger partial charge in [0.25, 0.3) is 0 Å². The Morgan fingerprint density at radius 2 is 1.60 bits per heavy atom. The molecule has 5 heteroatoms. The molecule has 0 radical (unpaired) electrons. The Morgan fingerprint density at radius 1 is 0.867 bits per heavy atom. The van der Waals surface area contributed by atoms with Gasteiger partial charge < -0.3 is 11.5 Å². The highest BCUT2D eigenvalue weighted by Gasteiger charge is 2.16. The number of nitrogens with zero attached hydrogens (tertiary/aromatic N) is 3. The van der Waals surface area contributed by atoms with Crippen LogP contribution in [0.15, 0.2) is 72.8 Å². The van der Waals surface area contributed by atoms with Crippen molar-refractivity contribution in [2.75, 3.05) is 5.73 Å². The minimum atomic E-state index is 0.392. The third-order valence-corrected chi connectivity index (χ3v) is 5.59. The van der Waals surface area contributed by atoms with Gasteiger partial charge in [-0.1, -0.05) is 60.7 Å². The maximum atomic E-state index is 6.53. The van der Waals surface area contributed by atoms with Crippen molar-refractivity contribution in [3.8, 4) is 5.95 Å². The number of aryl methyl sites for hydroxylation is 1. The van der Waals surface area contributed by atoms with Gasteiger partial charge in [-0.2, -0.15) is 4.98 Å². The quantitative estimate of drug-likeness (QED) is 0.470. The number of anilines is 1. The number of aromatic nitrogens is 3. The Bertz CT molecular complexity index is 1370. The molecule has 0 fully saturated rings. The molecule has 0 saturated carbocycles. The summed E-state index contributed by atoms with van der Waals surface area (Å²) in [6.45, 7) is 2.45. The lowest BCUT2D eigenvalue weighted by Crippen LogP contribution is -2.09. The van der Waals surface area contributed by atoms with Crippen molar-refractivity contribution in [2.45, 2.75) is 19.9 Å². The zero-order valence-corrected chi connectivity index (χ0v) is 16.8. The van der Waals surface area contributed by atoms with Gasteiger partial charge in [-0.15, -0.1) is 0 Å². The number of benzene rings is 3. The summed E-state index contributed by atoms with van der Waals surface area (Å²) in [6, 6.07) is 24.8. The highest BCUT2D eigenvalue weighted by molar-refractivity contribution is 5.94. The van der Waals surface area contributed by atoms with Gasteiger partial charge in [0.1, 0.15) is 5.82 Å². The Balaban J connectivity index is 1.74. The van der Waals surface area contributed by atoms with Crippen molar-refractivity contribution >= 4 is 27.6 Å². The molecule has 0 atom stereocenters. The second-order valence-electron chi connectivity index (χ2n) is 7.56. The van der Waals surface area contributed by atoms with Gasteiger partial charge in [-0.3, -0.25) is 4.57 Å². The lowest BCUT2D eigenvalue weighted by Gasteiger charge is -2.14. The fourth-order valence-electron chi connectivity index (χ4n) is 4.16. The van der Waals surface area contributed by atoms with Crippen molar-refractivity contribution in [1.82, 2.24) is 14.5 Å². The van der Waals surface area contributed by atoms with Crippen LogP contribution in [0.2, 0.25) is 0 Å². The van der Waals surface area contributed by atoms with E-state index in [9.17, 15) is 0 Å². The summed E-state index contributed by atoms with van der Waals surface area (Å²) < 4.78 is 2.05. The molecule has 3 aromatic carbocycles. The Morgan fingerprint density at radius 3 is 2.40 bits per heavy atom. The third-order valence-electron chi connectivity index (χ3n) is 5.59. The smallest absolute Gasteiger partial charge is 0.236 e. The minimum Gasteiger partial charge on any atom is -0.383 e. The number of hydrogen-bond donors (Lipinski definition) is 2. The van der Waals surface area contributed by atoms with E-state index in [0.29, 0.717) is 18.3 Å². The van der Waals surface area contributed by atoms with Crippen LogP contribution in [0, 0.1) is 6.92 Å². The highest BCUT2D eigenvalue weighted by Crippen LogP contribution is 2.30. The first kappa shape index (κ1) is 18.3. The number of para-hydroxylation sites is 1. The van der Waals surface area contributed by atoms with Crippen LogP contribution in [-0.4, -0.2) is 14.5 Å². The maximum Gasteiger partial charge on any atom is 0.236 e. The fraction of sp³-hybridized carbons (Fsp3) is 0.120. The van der Waals surface area contributed by atoms with Crippen molar-refractivity contribution in [2.24, 2.45) is 5.73 Å². The zero-order valence-electron chi connectivity index (χ0n) is 16.8. The molecule has 0 amide bonds. The van der Waals surface area contributed by atoms with Gasteiger partial charge in [0.2, 0.25) is 5.95 Å². The largest absolute Gasteiger partial charge is 0.383 e. The van der Waals surface area contributed by atoms with E-state index in [2.05, 4.69) is 54.0 Å². The van der Waals surface area contributed by atoms with Gasteiger partial charge in [-0.25, -0.2) is 4.98 Å². The summed E-state index contributed by atoms with van der Waals surface area (Å²) in [5.41, 5.74) is 18.8. The number of fused-ring (bicyclic) bond motifs is 2. The molecule has 0 spiro atoms. The molecule has 5 nitrogen and oxygen atoms in total. The Labute approximate surface area is 175 Å². The van der Waals surface area contributed by atoms with Crippen molar-refractivity contribution in [3.05, 3.63) is 95.2 Å². The average Bonchev–Trinajstić information content (AvgIpc) is 3.10. The average molecular weight is 393 g/mol. The molecule has 0 saturated heterocycles. The highest BCUT2D eigenvalue weighted by atomic mass is 15.2. The summed E-state index contributed by atoms with van der Waals surface area (Å²) in [5.74, 6) is 1.05. The molecule has 2 aromatic heterocycles. The molecule has 148 valence electrons. The van der Waals surface area contributed by atoms with Crippen molar-refractivity contribution in [1.29, 1.82) is 0 Å². The van der Waals surface area contributed by atoms with E-state index in [-0.39, 0.29) is 0 Å². The molecule has 0 aliphatic heterocycles. The molecule has 4 N–H and O–H groups in total. The predicted octanol–water partition coefficient (Wildman–Crippen LogP) is 4.51. The summed E-state index contributed by atoms with van der Waals surface area (Å²) >= 11 is 0. The molecule has 5 rings (SSSR count). The van der Waals surface area contributed by atoms with Crippen LogP contribution in [-0.2, 0) is 13.0 Å². The topological polar surface area (TPSA) is 82.8 Å². The zero-order chi connectivity index (χ0) is 20.7. The van der Waals surface area contributed by atoms with Gasteiger partial charge >= 0.3 is 0 Å². The normalized spacial score (nSPS) is 11.4. The van der Waals surface area contributed by atoms with E-state index >= 15 is 0 Å². The molecule has 0 unspecified atom stereocenters. The Hall–Kier alpha value is -3.70. The van der Waals surface area contributed by atoms with Crippen LogP contribution in [0.3, 0.4) is 0 Å². The minimum absolute atomic E-state index is 0.392. The summed E-state index contributed by atoms with van der Waals surface area (Å²) in [4.78, 5) is 9.68. The van der Waals surface area contributed by atoms with Crippen LogP contribution >= 0.6 is 0 Å². The second kappa shape index (κ2) is 7.28. The predicted molar refractivity (Wildman–Crippen MR) is 123 cm³/mol. The molecule has 0 aliphatic rings. The van der Waals surface area contributed by atoms with E-state index in [4.69, 9.17) is 21.4 Å². The van der Waals surface area contributed by atoms with Crippen LogP contribution < -0.4 is 11.5 Å². The monoisotopic (exact) mass is 393 g/mol. The summed E-state index contributed by atoms with van der Waals surface area (Å²) in [7, 11) is 0. The lowest BCUT2D eigenvalue weighted by molar-refractivity contribution is 0.941. The van der Waals surface area contributed by atoms with E-state index in [0.717, 1.165) is 45.0 Å². The first-order valence-electron chi connectivity index (χ1n) is 10.0. The van der Waals surface area contributed by atoms with Gasteiger partial charge in [0.05, 0.1) is 11.0 Å². The number of nitrogens with two attached hydrogens (primary N) is 2. The molecule has 2 heterocycles. The standard InChI is InChI=1S/C25H23N5/c1-16-13-18-9-5-6-10-21(18)30(16)25-28-23-20(15-26)12-11-19(22(23)24(27)29-25)14-17-7-3-2-4-8-17/h2-13H,14-15,26H2,1H3,(H2,27,28,29). The summed E-state index contributed by atoms with van der Waals surface area (Å²) in [5, 5.41) is 2.04. The first-order valence-corrected chi connectivity index (χ1v) is 10.0. The van der Waals surface area contributed by atoms with Crippen LogP contribution in [0.5, 0.6) is 0 Å². The van der Waals surface area contributed by atoms with Crippen molar-refractivity contribution < 1.29 is 0 Å². The third kappa shape index (κ3) is 3.00. The van der Waals surface area contributed by atoms with Crippen LogP contribution in [0.4, 0.5) is 5.82 Å². The molecule has 30 heavy (non-hydrogen) atoms. The van der Waals surface area contributed by atoms with Crippen LogP contribution in [0.1, 0.15) is 22.4 Å². The molecule has 5 aromatic rings. The second-order valence-corrected chi connectivity index (χ2v) is 7.56. The number of hydrogen-bond acceptors (Lipinski definition) is 4. The lowest BCUT2D eigenvalue weighted by atomic mass is 9.98.